The number of nitrogens with zero attached hydrogens (tertiary/aromatic N) is 5. The molecule has 10 heteroatoms. The molecule has 0 bridgehead atoms. The minimum Gasteiger partial charge on any atom is -0.341 e. The molecule has 1 saturated heterocycles. The fourth-order valence-electron chi connectivity index (χ4n) is 3.32. The van der Waals surface area contributed by atoms with E-state index in [0.717, 1.165) is 23.3 Å². The Morgan fingerprint density at radius 3 is 2.88 bits per heavy atom. The summed E-state index contributed by atoms with van der Waals surface area (Å²) in [6.07, 6.45) is 2.88. The number of amides is 1. The summed E-state index contributed by atoms with van der Waals surface area (Å²) in [7, 11) is 0. The third-order valence-corrected chi connectivity index (χ3v) is 4.52. The van der Waals surface area contributed by atoms with Crippen LogP contribution in [-0.2, 0) is 6.18 Å². The Balaban J connectivity index is 1.78. The monoisotopic (exact) mass is 364 g/mol. The smallest absolute Gasteiger partial charge is 0.341 e. The topological polar surface area (TPSA) is 79.2 Å². The van der Waals surface area contributed by atoms with Crippen molar-refractivity contribution in [2.45, 2.75) is 31.5 Å². The molecule has 1 aliphatic rings. The van der Waals surface area contributed by atoms with E-state index in [0.29, 0.717) is 18.7 Å². The predicted molar refractivity (Wildman–Crippen MR) is 84.2 cm³/mol. The summed E-state index contributed by atoms with van der Waals surface area (Å²) in [4.78, 5) is 29.0. The Labute approximate surface area is 145 Å². The Morgan fingerprint density at radius 1 is 1.31 bits per heavy atom. The molecule has 1 amide bonds. The summed E-state index contributed by atoms with van der Waals surface area (Å²) in [5.74, 6) is -0.333. The maximum absolute atomic E-state index is 13.5. The molecule has 1 aliphatic heterocycles. The highest BCUT2D eigenvalue weighted by Crippen LogP contribution is 2.35. The average Bonchev–Trinajstić information content (AvgIpc) is 3.30. The first-order valence-corrected chi connectivity index (χ1v) is 8.15. The third-order valence-electron chi connectivity index (χ3n) is 4.52. The van der Waals surface area contributed by atoms with Crippen molar-refractivity contribution in [1.29, 1.82) is 0 Å². The van der Waals surface area contributed by atoms with Crippen LogP contribution in [0.4, 0.5) is 13.2 Å². The number of imidazole rings is 2. The van der Waals surface area contributed by atoms with Gasteiger partial charge < -0.3 is 9.88 Å². The van der Waals surface area contributed by atoms with Crippen molar-refractivity contribution in [3.8, 4) is 0 Å². The second kappa shape index (κ2) is 6.11. The quantitative estimate of drug-likeness (QED) is 0.758. The lowest BCUT2D eigenvalue weighted by Crippen LogP contribution is -2.39. The van der Waals surface area contributed by atoms with Crippen LogP contribution in [0.25, 0.3) is 5.78 Å². The van der Waals surface area contributed by atoms with Gasteiger partial charge >= 0.3 is 6.18 Å². The Hall–Kier alpha value is -2.91. The molecule has 0 radical (unpaired) electrons. The van der Waals surface area contributed by atoms with Crippen LogP contribution in [0, 0.1) is 0 Å². The highest BCUT2D eigenvalue weighted by Gasteiger charge is 2.37. The van der Waals surface area contributed by atoms with Crippen LogP contribution in [0.1, 0.15) is 47.2 Å². The number of carbonyl (C=O) groups excluding carboxylic acids is 1. The number of hydrogen-bond donors (Lipinski definition) is 1. The molecule has 3 aromatic heterocycles. The second-order valence-corrected chi connectivity index (χ2v) is 6.14. The van der Waals surface area contributed by atoms with Gasteiger partial charge in [-0.05, 0) is 25.3 Å². The van der Waals surface area contributed by atoms with Crippen molar-refractivity contribution in [3.63, 3.8) is 0 Å². The summed E-state index contributed by atoms with van der Waals surface area (Å²) >= 11 is 0. The Kier molecular flexibility index (Phi) is 3.89. The van der Waals surface area contributed by atoms with Gasteiger partial charge in [-0.2, -0.15) is 13.2 Å². The van der Waals surface area contributed by atoms with Crippen molar-refractivity contribution >= 4 is 11.7 Å². The van der Waals surface area contributed by atoms with Gasteiger partial charge in [0.25, 0.3) is 5.91 Å². The highest BCUT2D eigenvalue weighted by molar-refractivity contribution is 5.92. The van der Waals surface area contributed by atoms with Crippen molar-refractivity contribution in [2.24, 2.45) is 0 Å². The molecule has 1 atom stereocenters. The number of likely N-dealkylation sites (tertiary alicyclic amines) is 1. The molecule has 0 spiro atoms. The number of alkyl halides is 3. The van der Waals surface area contributed by atoms with Gasteiger partial charge in [-0.25, -0.2) is 15.0 Å². The van der Waals surface area contributed by atoms with Crippen LogP contribution in [0.3, 0.4) is 0 Å². The normalized spacial score (nSPS) is 18.4. The molecular formula is C16H15F3N6O. The number of carbonyl (C=O) groups is 1. The molecule has 3 aromatic rings. The number of piperidine rings is 1. The maximum Gasteiger partial charge on any atom is 0.431 e. The molecular weight excluding hydrogens is 349 g/mol. The zero-order valence-corrected chi connectivity index (χ0v) is 13.6. The second-order valence-electron chi connectivity index (χ2n) is 6.14. The van der Waals surface area contributed by atoms with Crippen LogP contribution in [-0.4, -0.2) is 41.7 Å². The summed E-state index contributed by atoms with van der Waals surface area (Å²) in [6, 6.07) is 0.472. The number of H-pyrrole nitrogens is 1. The van der Waals surface area contributed by atoms with E-state index in [-0.39, 0.29) is 17.4 Å². The Morgan fingerprint density at radius 2 is 2.15 bits per heavy atom. The van der Waals surface area contributed by atoms with Crippen LogP contribution in [0.5, 0.6) is 0 Å². The van der Waals surface area contributed by atoms with Gasteiger partial charge in [0, 0.05) is 18.9 Å². The first-order valence-electron chi connectivity index (χ1n) is 8.15. The molecule has 0 aliphatic carbocycles. The van der Waals surface area contributed by atoms with E-state index in [2.05, 4.69) is 19.9 Å². The molecule has 0 unspecified atom stereocenters. The number of hydrogen-bond acceptors (Lipinski definition) is 4. The molecule has 1 fully saturated rings. The van der Waals surface area contributed by atoms with E-state index in [9.17, 15) is 18.0 Å². The van der Waals surface area contributed by atoms with E-state index >= 15 is 0 Å². The van der Waals surface area contributed by atoms with Gasteiger partial charge in [0.15, 0.2) is 0 Å². The first-order chi connectivity index (χ1) is 12.4. The molecule has 26 heavy (non-hydrogen) atoms. The van der Waals surface area contributed by atoms with Gasteiger partial charge in [-0.15, -0.1) is 0 Å². The van der Waals surface area contributed by atoms with E-state index in [1.807, 2.05) is 0 Å². The highest BCUT2D eigenvalue weighted by atomic mass is 19.4. The first kappa shape index (κ1) is 16.6. The summed E-state index contributed by atoms with van der Waals surface area (Å²) in [5, 5.41) is 0. The van der Waals surface area contributed by atoms with E-state index in [1.54, 1.807) is 4.90 Å². The van der Waals surface area contributed by atoms with E-state index in [4.69, 9.17) is 0 Å². The van der Waals surface area contributed by atoms with Gasteiger partial charge in [0.05, 0.1) is 24.3 Å². The summed E-state index contributed by atoms with van der Waals surface area (Å²) in [5.41, 5.74) is -0.354. The summed E-state index contributed by atoms with van der Waals surface area (Å²) in [6.45, 7) is 0.450. The number of aromatic amines is 1. The number of fused-ring (bicyclic) bond motifs is 1. The fourth-order valence-corrected chi connectivity index (χ4v) is 3.32. The molecule has 7 nitrogen and oxygen atoms in total. The van der Waals surface area contributed by atoms with E-state index in [1.165, 1.54) is 24.9 Å². The number of rotatable bonds is 2. The van der Waals surface area contributed by atoms with Gasteiger partial charge in [0.2, 0.25) is 5.78 Å². The summed E-state index contributed by atoms with van der Waals surface area (Å²) < 4.78 is 41.3. The minimum absolute atomic E-state index is 0.0330. The lowest BCUT2D eigenvalue weighted by molar-refractivity contribution is -0.142. The van der Waals surface area contributed by atoms with Gasteiger partial charge in [-0.1, -0.05) is 0 Å². The molecule has 4 rings (SSSR count). The SMILES string of the molecule is O=C(c1cnc[nH]1)N1CCCC[C@H]1c1cc(C(F)(F)F)n2ccnc2n1. The fraction of sp³-hybridized carbons (Fsp3) is 0.375. The maximum atomic E-state index is 13.5. The van der Waals surface area contributed by atoms with Gasteiger partial charge in [0.1, 0.15) is 11.4 Å². The molecule has 4 heterocycles. The van der Waals surface area contributed by atoms with E-state index < -0.39 is 17.9 Å². The molecule has 0 saturated carbocycles. The zero-order chi connectivity index (χ0) is 18.3. The van der Waals surface area contributed by atoms with Crippen LogP contribution >= 0.6 is 0 Å². The predicted octanol–water partition coefficient (Wildman–Crippen LogP) is 2.84. The number of nitrogens with one attached hydrogen (secondary N) is 1. The zero-order valence-electron chi connectivity index (χ0n) is 13.6. The number of aromatic nitrogens is 5. The molecule has 0 aromatic carbocycles. The van der Waals surface area contributed by atoms with Crippen LogP contribution < -0.4 is 0 Å². The van der Waals surface area contributed by atoms with Crippen molar-refractivity contribution in [2.75, 3.05) is 6.54 Å². The van der Waals surface area contributed by atoms with Crippen molar-refractivity contribution in [3.05, 3.63) is 48.1 Å². The van der Waals surface area contributed by atoms with Crippen LogP contribution in [0.2, 0.25) is 0 Å². The van der Waals surface area contributed by atoms with Gasteiger partial charge in [-0.3, -0.25) is 9.20 Å². The third kappa shape index (κ3) is 2.80. The minimum atomic E-state index is -4.55. The average molecular weight is 364 g/mol. The van der Waals surface area contributed by atoms with Crippen molar-refractivity contribution in [1.82, 2.24) is 29.2 Å². The van der Waals surface area contributed by atoms with Crippen LogP contribution in [0.15, 0.2) is 31.0 Å². The lowest BCUT2D eigenvalue weighted by Gasteiger charge is -2.35. The lowest BCUT2D eigenvalue weighted by atomic mass is 9.98. The molecule has 1 N–H and O–H groups in total. The Bertz CT molecular complexity index is 933. The molecule has 136 valence electrons. The number of halogens is 3. The standard InChI is InChI=1S/C16H15F3N6O/c17-16(18,19)13-7-10(23-15-21-4-6-25(13)15)12-3-1-2-5-24(12)14(26)11-8-20-9-22-11/h4,6-9,12H,1-3,5H2,(H,20,22)/t12-/m0/s1. The van der Waals surface area contributed by atoms with Crippen molar-refractivity contribution < 1.29 is 18.0 Å². The largest absolute Gasteiger partial charge is 0.431 e.